The van der Waals surface area contributed by atoms with Gasteiger partial charge in [0.1, 0.15) is 5.82 Å². The largest absolute Gasteiger partial charge is 0.324 e. The number of benzene rings is 2. The van der Waals surface area contributed by atoms with Gasteiger partial charge in [-0.05, 0) is 41.5 Å². The van der Waals surface area contributed by atoms with Crippen LogP contribution in [0.2, 0.25) is 5.02 Å². The monoisotopic (exact) mass is 325 g/mol. The van der Waals surface area contributed by atoms with Crippen LogP contribution in [0.5, 0.6) is 0 Å². The average molecular weight is 326 g/mol. The Balaban J connectivity index is 0.00000220. The van der Waals surface area contributed by atoms with E-state index in [1.165, 1.54) is 12.1 Å². The van der Waals surface area contributed by atoms with Gasteiger partial charge in [0.15, 0.2) is 5.78 Å². The summed E-state index contributed by atoms with van der Waals surface area (Å²) in [5.74, 6) is -0.550. The van der Waals surface area contributed by atoms with Crippen molar-refractivity contribution in [3.63, 3.8) is 0 Å². The Morgan fingerprint density at radius 1 is 1.10 bits per heavy atom. The molecule has 2 aromatic carbocycles. The topological polar surface area (TPSA) is 43.1 Å². The summed E-state index contributed by atoms with van der Waals surface area (Å²) in [5.41, 5.74) is 7.35. The zero-order valence-electron chi connectivity index (χ0n) is 11.1. The van der Waals surface area contributed by atoms with Crippen molar-refractivity contribution in [1.82, 2.24) is 0 Å². The van der Waals surface area contributed by atoms with Gasteiger partial charge in [0.05, 0.1) is 6.54 Å². The molecule has 2 rings (SSSR count). The van der Waals surface area contributed by atoms with E-state index in [9.17, 15) is 9.18 Å². The minimum Gasteiger partial charge on any atom is -0.324 e. The molecule has 2 N–H and O–H groups in total. The maximum atomic E-state index is 13.0. The second-order valence-electron chi connectivity index (χ2n) is 4.24. The Kier molecular flexibility index (Phi) is 6.56. The number of nitrogens with two attached hydrogens (primary N) is 1. The number of rotatable bonds is 4. The summed E-state index contributed by atoms with van der Waals surface area (Å²) < 4.78 is 13.0. The first-order valence-corrected chi connectivity index (χ1v) is 6.44. The molecule has 21 heavy (non-hydrogen) atoms. The van der Waals surface area contributed by atoms with Gasteiger partial charge in [-0.15, -0.1) is 12.4 Å². The Bertz CT molecular complexity index is 636. The smallest absolute Gasteiger partial charge is 0.176 e. The highest BCUT2D eigenvalue weighted by atomic mass is 35.5. The van der Waals surface area contributed by atoms with Gasteiger partial charge in [-0.2, -0.15) is 0 Å². The van der Waals surface area contributed by atoms with Gasteiger partial charge in [-0.1, -0.05) is 35.9 Å². The lowest BCUT2D eigenvalue weighted by Crippen LogP contribution is -2.15. The SMILES string of the molecule is Cl.NCC(=O)/C(=C/c1ccc(Cl)cc1)c1ccc(F)cc1. The molecule has 0 atom stereocenters. The highest BCUT2D eigenvalue weighted by Gasteiger charge is 2.10. The third kappa shape index (κ3) is 4.67. The summed E-state index contributed by atoms with van der Waals surface area (Å²) in [6, 6.07) is 12.8. The van der Waals surface area contributed by atoms with Crippen LogP contribution in [0.1, 0.15) is 11.1 Å². The van der Waals surface area contributed by atoms with Gasteiger partial charge >= 0.3 is 0 Å². The zero-order chi connectivity index (χ0) is 14.5. The quantitative estimate of drug-likeness (QED) is 0.682. The molecule has 0 saturated carbocycles. The van der Waals surface area contributed by atoms with Crippen molar-refractivity contribution in [3.8, 4) is 0 Å². The number of hydrogen-bond acceptors (Lipinski definition) is 2. The molecule has 110 valence electrons. The summed E-state index contributed by atoms with van der Waals surface area (Å²) in [6.07, 6.45) is 1.72. The zero-order valence-corrected chi connectivity index (χ0v) is 12.6. The van der Waals surface area contributed by atoms with E-state index in [-0.39, 0.29) is 30.6 Å². The van der Waals surface area contributed by atoms with Gasteiger partial charge in [0, 0.05) is 10.6 Å². The first kappa shape index (κ1) is 17.4. The molecule has 0 amide bonds. The minimum absolute atomic E-state index is 0. The van der Waals surface area contributed by atoms with Crippen molar-refractivity contribution in [2.45, 2.75) is 0 Å². The highest BCUT2D eigenvalue weighted by molar-refractivity contribution is 6.30. The fourth-order valence-corrected chi connectivity index (χ4v) is 1.92. The molecule has 0 heterocycles. The molecule has 0 aliphatic carbocycles. The number of carbonyl (C=O) groups excluding carboxylic acids is 1. The number of carbonyl (C=O) groups is 1. The van der Waals surface area contributed by atoms with Crippen LogP contribution in [0, 0.1) is 5.82 Å². The maximum Gasteiger partial charge on any atom is 0.176 e. The molecular formula is C16H14Cl2FNO. The molecule has 0 unspecified atom stereocenters. The summed E-state index contributed by atoms with van der Waals surface area (Å²) in [5, 5.41) is 0.621. The molecule has 0 fully saturated rings. The predicted molar refractivity (Wildman–Crippen MR) is 87.0 cm³/mol. The van der Waals surface area contributed by atoms with Gasteiger partial charge in [-0.3, -0.25) is 4.79 Å². The number of ketones is 1. The Morgan fingerprint density at radius 3 is 2.19 bits per heavy atom. The molecule has 0 aliphatic heterocycles. The first-order chi connectivity index (χ1) is 9.60. The lowest BCUT2D eigenvalue weighted by atomic mass is 9.99. The second-order valence-corrected chi connectivity index (χ2v) is 4.68. The van der Waals surface area contributed by atoms with Gasteiger partial charge < -0.3 is 5.73 Å². The van der Waals surface area contributed by atoms with Gasteiger partial charge in [-0.25, -0.2) is 4.39 Å². The Labute approximate surface area is 133 Å². The van der Waals surface area contributed by atoms with E-state index in [1.807, 2.05) is 0 Å². The number of halogens is 3. The molecule has 2 nitrogen and oxygen atoms in total. The number of hydrogen-bond donors (Lipinski definition) is 1. The second kappa shape index (κ2) is 7.93. The highest BCUT2D eigenvalue weighted by Crippen LogP contribution is 2.20. The van der Waals surface area contributed by atoms with Crippen LogP contribution in [0.3, 0.4) is 0 Å². The molecule has 0 saturated heterocycles. The van der Waals surface area contributed by atoms with Crippen molar-refractivity contribution in [2.75, 3.05) is 6.54 Å². The van der Waals surface area contributed by atoms with E-state index in [4.69, 9.17) is 17.3 Å². The third-order valence-corrected chi connectivity index (χ3v) is 3.07. The van der Waals surface area contributed by atoms with Crippen LogP contribution in [0.15, 0.2) is 48.5 Å². The van der Waals surface area contributed by atoms with E-state index in [2.05, 4.69) is 0 Å². The van der Waals surface area contributed by atoms with E-state index in [1.54, 1.807) is 42.5 Å². The van der Waals surface area contributed by atoms with Crippen LogP contribution in [0.4, 0.5) is 4.39 Å². The average Bonchev–Trinajstić information content (AvgIpc) is 2.47. The first-order valence-electron chi connectivity index (χ1n) is 6.06. The Hall–Kier alpha value is -1.68. The predicted octanol–water partition coefficient (Wildman–Crippen LogP) is 3.97. The molecule has 0 aromatic heterocycles. The van der Waals surface area contributed by atoms with Crippen molar-refractivity contribution >= 4 is 41.4 Å². The van der Waals surface area contributed by atoms with E-state index in [0.29, 0.717) is 16.2 Å². The van der Waals surface area contributed by atoms with E-state index in [0.717, 1.165) is 5.56 Å². The molecule has 0 radical (unpaired) electrons. The summed E-state index contributed by atoms with van der Waals surface area (Å²) in [4.78, 5) is 12.0. The van der Waals surface area contributed by atoms with Crippen LogP contribution < -0.4 is 5.73 Å². The van der Waals surface area contributed by atoms with Crippen LogP contribution in [0.25, 0.3) is 11.6 Å². The van der Waals surface area contributed by atoms with Crippen LogP contribution >= 0.6 is 24.0 Å². The molecule has 0 aliphatic rings. The lowest BCUT2D eigenvalue weighted by molar-refractivity contribution is -0.112. The van der Waals surface area contributed by atoms with Crippen molar-refractivity contribution in [2.24, 2.45) is 5.73 Å². The van der Waals surface area contributed by atoms with Crippen molar-refractivity contribution in [1.29, 1.82) is 0 Å². The lowest BCUT2D eigenvalue weighted by Gasteiger charge is -2.06. The minimum atomic E-state index is -0.347. The fourth-order valence-electron chi connectivity index (χ4n) is 1.79. The number of Topliss-reactive ketones (excluding diaryl/α,β-unsaturated/α-hetero) is 1. The summed E-state index contributed by atoms with van der Waals surface area (Å²) in [6.45, 7) is -0.100. The van der Waals surface area contributed by atoms with Crippen LogP contribution in [-0.4, -0.2) is 12.3 Å². The summed E-state index contributed by atoms with van der Waals surface area (Å²) in [7, 11) is 0. The van der Waals surface area contributed by atoms with Crippen LogP contribution in [-0.2, 0) is 4.79 Å². The molecule has 5 heteroatoms. The Morgan fingerprint density at radius 2 is 1.67 bits per heavy atom. The van der Waals surface area contributed by atoms with E-state index >= 15 is 0 Å². The van der Waals surface area contributed by atoms with E-state index < -0.39 is 0 Å². The molecule has 0 spiro atoms. The molecule has 0 bridgehead atoms. The third-order valence-electron chi connectivity index (χ3n) is 2.82. The van der Waals surface area contributed by atoms with Crippen molar-refractivity contribution < 1.29 is 9.18 Å². The molecule has 2 aromatic rings. The summed E-state index contributed by atoms with van der Waals surface area (Å²) >= 11 is 5.82. The van der Waals surface area contributed by atoms with Crippen molar-refractivity contribution in [3.05, 3.63) is 70.5 Å². The maximum absolute atomic E-state index is 13.0. The van der Waals surface area contributed by atoms with Gasteiger partial charge in [0.2, 0.25) is 0 Å². The van der Waals surface area contributed by atoms with Gasteiger partial charge in [0.25, 0.3) is 0 Å². The molecular weight excluding hydrogens is 312 g/mol. The standard InChI is InChI=1S/C16H13ClFNO.ClH/c17-13-5-1-11(2-6-13)9-15(16(20)10-19)12-3-7-14(18)8-4-12;/h1-9H,10,19H2;1H/b15-9+;. The fraction of sp³-hybridized carbons (Fsp3) is 0.0625. The normalized spacial score (nSPS) is 10.9.